The smallest absolute Gasteiger partial charge is 0.00488 e. The summed E-state index contributed by atoms with van der Waals surface area (Å²) in [7, 11) is 0. The molecule has 0 unspecified atom stereocenters. The molecule has 1 nitrogen and oxygen atoms in total. The minimum absolute atomic E-state index is 1.22. The van der Waals surface area contributed by atoms with Crippen LogP contribution in [0.25, 0.3) is 0 Å². The predicted octanol–water partition coefficient (Wildman–Crippen LogP) is 2.49. The number of hydrogen-bond acceptors (Lipinski definition) is 1. The summed E-state index contributed by atoms with van der Waals surface area (Å²) in [6.45, 7) is 2.43. The third kappa shape index (κ3) is 5.02. The highest BCUT2D eigenvalue weighted by Gasteiger charge is 1.90. The standard InChI is InChI=1S/C10H19N/c1-2-4-6-8-10-11-9-7-5-3-1/h1-2,11H,3-10H2/b2-1-. The average Bonchev–Trinajstić information content (AvgIpc) is 2.08. The molecule has 1 N–H and O–H groups in total. The van der Waals surface area contributed by atoms with Gasteiger partial charge in [0.1, 0.15) is 0 Å². The van der Waals surface area contributed by atoms with E-state index in [2.05, 4.69) is 17.5 Å². The van der Waals surface area contributed by atoms with Crippen LogP contribution in [-0.2, 0) is 0 Å². The van der Waals surface area contributed by atoms with Gasteiger partial charge in [-0.05, 0) is 51.6 Å². The second kappa shape index (κ2) is 6.41. The Bertz CT molecular complexity index is 95.4. The summed E-state index contributed by atoms with van der Waals surface area (Å²) in [6, 6.07) is 0. The van der Waals surface area contributed by atoms with Gasteiger partial charge < -0.3 is 5.32 Å². The summed E-state index contributed by atoms with van der Waals surface area (Å²) in [4.78, 5) is 0. The van der Waals surface area contributed by atoms with E-state index < -0.39 is 0 Å². The number of allylic oxidation sites excluding steroid dienone is 2. The molecule has 0 bridgehead atoms. The minimum Gasteiger partial charge on any atom is -0.317 e. The van der Waals surface area contributed by atoms with Gasteiger partial charge in [0.25, 0.3) is 0 Å². The third-order valence-corrected chi connectivity index (χ3v) is 2.12. The molecule has 1 rings (SSSR count). The van der Waals surface area contributed by atoms with E-state index in [4.69, 9.17) is 0 Å². The maximum Gasteiger partial charge on any atom is -0.00488 e. The fraction of sp³-hybridized carbons (Fsp3) is 0.800. The van der Waals surface area contributed by atoms with E-state index in [0.717, 1.165) is 0 Å². The maximum absolute atomic E-state index is 3.46. The SMILES string of the molecule is C1=C\CCCCNCCCC/1. The van der Waals surface area contributed by atoms with Crippen LogP contribution in [0.2, 0.25) is 0 Å². The van der Waals surface area contributed by atoms with Crippen molar-refractivity contribution < 1.29 is 0 Å². The Kier molecular flexibility index (Phi) is 5.13. The Morgan fingerprint density at radius 1 is 0.727 bits per heavy atom. The molecule has 11 heavy (non-hydrogen) atoms. The van der Waals surface area contributed by atoms with Crippen LogP contribution >= 0.6 is 0 Å². The Balaban J connectivity index is 2.11. The van der Waals surface area contributed by atoms with E-state index in [0.29, 0.717) is 0 Å². The summed E-state index contributed by atoms with van der Waals surface area (Å²) in [5.74, 6) is 0. The van der Waals surface area contributed by atoms with Crippen molar-refractivity contribution in [2.45, 2.75) is 38.5 Å². The molecular weight excluding hydrogens is 134 g/mol. The molecule has 0 spiro atoms. The van der Waals surface area contributed by atoms with Crippen molar-refractivity contribution in [2.75, 3.05) is 13.1 Å². The second-order valence-corrected chi connectivity index (χ2v) is 3.21. The molecule has 1 heteroatoms. The van der Waals surface area contributed by atoms with Gasteiger partial charge in [0.05, 0.1) is 0 Å². The second-order valence-electron chi connectivity index (χ2n) is 3.21. The Hall–Kier alpha value is -0.300. The molecular formula is C10H19N. The first kappa shape index (κ1) is 8.79. The number of rotatable bonds is 0. The van der Waals surface area contributed by atoms with Gasteiger partial charge >= 0.3 is 0 Å². The third-order valence-electron chi connectivity index (χ3n) is 2.12. The zero-order valence-electron chi connectivity index (χ0n) is 7.31. The first-order valence-electron chi connectivity index (χ1n) is 4.86. The molecule has 0 fully saturated rings. The van der Waals surface area contributed by atoms with Gasteiger partial charge in [-0.15, -0.1) is 0 Å². The molecule has 1 heterocycles. The highest BCUT2D eigenvalue weighted by atomic mass is 14.8. The van der Waals surface area contributed by atoms with Crippen LogP contribution in [0.5, 0.6) is 0 Å². The van der Waals surface area contributed by atoms with E-state index in [-0.39, 0.29) is 0 Å². The van der Waals surface area contributed by atoms with Gasteiger partial charge in [0, 0.05) is 0 Å². The van der Waals surface area contributed by atoms with E-state index >= 15 is 0 Å². The molecule has 0 aromatic rings. The van der Waals surface area contributed by atoms with Crippen molar-refractivity contribution in [1.82, 2.24) is 5.32 Å². The monoisotopic (exact) mass is 153 g/mol. The summed E-state index contributed by atoms with van der Waals surface area (Å²) >= 11 is 0. The first-order chi connectivity index (χ1) is 5.50. The van der Waals surface area contributed by atoms with E-state index in [9.17, 15) is 0 Å². The van der Waals surface area contributed by atoms with Crippen LogP contribution < -0.4 is 5.32 Å². The molecule has 0 atom stereocenters. The van der Waals surface area contributed by atoms with Crippen molar-refractivity contribution in [3.8, 4) is 0 Å². The van der Waals surface area contributed by atoms with Crippen molar-refractivity contribution >= 4 is 0 Å². The highest BCUT2D eigenvalue weighted by molar-refractivity contribution is 4.81. The van der Waals surface area contributed by atoms with Crippen molar-refractivity contribution in [3.05, 3.63) is 12.2 Å². The van der Waals surface area contributed by atoms with Crippen LogP contribution in [-0.4, -0.2) is 13.1 Å². The van der Waals surface area contributed by atoms with Gasteiger partial charge in [-0.1, -0.05) is 12.2 Å². The van der Waals surface area contributed by atoms with Crippen LogP contribution in [0.15, 0.2) is 12.2 Å². The summed E-state index contributed by atoms with van der Waals surface area (Å²) < 4.78 is 0. The molecule has 0 amide bonds. The fourth-order valence-corrected chi connectivity index (χ4v) is 1.39. The summed E-state index contributed by atoms with van der Waals surface area (Å²) in [6.07, 6.45) is 12.6. The van der Waals surface area contributed by atoms with Gasteiger partial charge in [0.2, 0.25) is 0 Å². The molecule has 0 aliphatic carbocycles. The van der Waals surface area contributed by atoms with Crippen LogP contribution in [0.3, 0.4) is 0 Å². The normalized spacial score (nSPS) is 25.5. The zero-order valence-corrected chi connectivity index (χ0v) is 7.31. The Morgan fingerprint density at radius 2 is 1.27 bits per heavy atom. The Labute approximate surface area is 69.9 Å². The van der Waals surface area contributed by atoms with Crippen molar-refractivity contribution in [2.24, 2.45) is 0 Å². The average molecular weight is 153 g/mol. The molecule has 0 saturated carbocycles. The molecule has 1 aliphatic rings. The highest BCUT2D eigenvalue weighted by Crippen LogP contribution is 2.01. The molecule has 0 radical (unpaired) electrons. The summed E-state index contributed by atoms with van der Waals surface area (Å²) in [5.41, 5.74) is 0. The topological polar surface area (TPSA) is 12.0 Å². The molecule has 0 saturated heterocycles. The number of hydrogen-bond donors (Lipinski definition) is 1. The first-order valence-corrected chi connectivity index (χ1v) is 4.86. The lowest BCUT2D eigenvalue weighted by molar-refractivity contribution is 0.599. The lowest BCUT2D eigenvalue weighted by atomic mass is 10.2. The number of nitrogens with one attached hydrogen (secondary N) is 1. The molecule has 0 aromatic heterocycles. The lowest BCUT2D eigenvalue weighted by Gasteiger charge is -2.01. The quantitative estimate of drug-likeness (QED) is 0.527. The zero-order chi connectivity index (χ0) is 7.78. The van der Waals surface area contributed by atoms with E-state index in [1.54, 1.807) is 0 Å². The van der Waals surface area contributed by atoms with Crippen LogP contribution in [0.4, 0.5) is 0 Å². The maximum atomic E-state index is 3.46. The van der Waals surface area contributed by atoms with Gasteiger partial charge in [-0.2, -0.15) is 0 Å². The van der Waals surface area contributed by atoms with E-state index in [1.165, 1.54) is 51.6 Å². The van der Waals surface area contributed by atoms with Crippen molar-refractivity contribution in [3.63, 3.8) is 0 Å². The van der Waals surface area contributed by atoms with Gasteiger partial charge in [-0.25, -0.2) is 0 Å². The summed E-state index contributed by atoms with van der Waals surface area (Å²) in [5, 5.41) is 3.46. The predicted molar refractivity (Wildman–Crippen MR) is 49.7 cm³/mol. The molecule has 64 valence electrons. The largest absolute Gasteiger partial charge is 0.317 e. The fourth-order valence-electron chi connectivity index (χ4n) is 1.39. The lowest BCUT2D eigenvalue weighted by Crippen LogP contribution is -2.16. The van der Waals surface area contributed by atoms with E-state index in [1.807, 2.05) is 0 Å². The molecule has 1 aliphatic heterocycles. The molecule has 0 aromatic carbocycles. The minimum atomic E-state index is 1.22. The Morgan fingerprint density at radius 3 is 1.82 bits per heavy atom. The van der Waals surface area contributed by atoms with Crippen LogP contribution in [0.1, 0.15) is 38.5 Å². The van der Waals surface area contributed by atoms with Crippen LogP contribution in [0, 0.1) is 0 Å². The van der Waals surface area contributed by atoms with Gasteiger partial charge in [-0.3, -0.25) is 0 Å². The van der Waals surface area contributed by atoms with Gasteiger partial charge in [0.15, 0.2) is 0 Å². The van der Waals surface area contributed by atoms with Crippen molar-refractivity contribution in [1.29, 1.82) is 0 Å².